The van der Waals surface area contributed by atoms with Crippen molar-refractivity contribution in [1.29, 1.82) is 0 Å². The fraction of sp³-hybridized carbons (Fsp3) is 0.105. The predicted octanol–water partition coefficient (Wildman–Crippen LogP) is 6.09. The average Bonchev–Trinajstić information content (AvgIpc) is 2.68. The maximum Gasteiger partial charge on any atom is 0.417 e. The third-order valence-electron chi connectivity index (χ3n) is 3.93. The summed E-state index contributed by atoms with van der Waals surface area (Å²) in [5, 5.41) is 1.88. The van der Waals surface area contributed by atoms with Crippen LogP contribution < -0.4 is 5.32 Å². The molecule has 30 heavy (non-hydrogen) atoms. The lowest BCUT2D eigenvalue weighted by atomic mass is 10.1. The molecule has 1 amide bonds. The minimum absolute atomic E-state index is 0.0595. The highest BCUT2D eigenvalue weighted by Gasteiger charge is 2.32. The summed E-state index contributed by atoms with van der Waals surface area (Å²) in [6.45, 7) is 0. The van der Waals surface area contributed by atoms with Crippen molar-refractivity contribution in [3.8, 4) is 11.3 Å². The number of carbonyl (C=O) groups excluding carboxylic acids is 1. The van der Waals surface area contributed by atoms with E-state index in [0.29, 0.717) is 17.8 Å². The summed E-state index contributed by atoms with van der Waals surface area (Å²) >= 11 is 5.75. The van der Waals surface area contributed by atoms with Gasteiger partial charge in [0.05, 0.1) is 21.8 Å². The number of nitrogens with zero attached hydrogens (tertiary/aromatic N) is 2. The number of benzene rings is 1. The van der Waals surface area contributed by atoms with Gasteiger partial charge >= 0.3 is 12.4 Å². The van der Waals surface area contributed by atoms with Crippen molar-refractivity contribution in [2.24, 2.45) is 0 Å². The Kier molecular flexibility index (Phi) is 5.71. The molecule has 0 spiro atoms. The zero-order valence-electron chi connectivity index (χ0n) is 14.6. The molecular formula is C19H10ClF6N3O. The van der Waals surface area contributed by atoms with Crippen molar-refractivity contribution in [3.63, 3.8) is 0 Å². The molecule has 0 aliphatic carbocycles. The number of rotatable bonds is 3. The molecule has 0 bridgehead atoms. The molecule has 0 fully saturated rings. The SMILES string of the molecule is O=C(Nc1ncc(C(F)(F)F)cc1Cl)c1ccc(-c2cc(C(F)(F)F)ccn2)cc1. The second-order valence-corrected chi connectivity index (χ2v) is 6.42. The number of pyridine rings is 2. The van der Waals surface area contributed by atoms with Crippen LogP contribution in [0.25, 0.3) is 11.3 Å². The third-order valence-corrected chi connectivity index (χ3v) is 4.22. The molecule has 0 atom stereocenters. The van der Waals surface area contributed by atoms with Crippen LogP contribution in [0.5, 0.6) is 0 Å². The lowest BCUT2D eigenvalue weighted by Crippen LogP contribution is -2.14. The Bertz CT molecular complexity index is 1080. The van der Waals surface area contributed by atoms with E-state index in [2.05, 4.69) is 15.3 Å². The molecule has 0 saturated heterocycles. The Morgan fingerprint density at radius 2 is 1.50 bits per heavy atom. The molecule has 156 valence electrons. The summed E-state index contributed by atoms with van der Waals surface area (Å²) in [4.78, 5) is 19.7. The smallest absolute Gasteiger partial charge is 0.305 e. The van der Waals surface area contributed by atoms with Gasteiger partial charge in [-0.3, -0.25) is 9.78 Å². The highest BCUT2D eigenvalue weighted by molar-refractivity contribution is 6.33. The maximum atomic E-state index is 12.8. The van der Waals surface area contributed by atoms with Crippen LogP contribution in [0.1, 0.15) is 21.5 Å². The van der Waals surface area contributed by atoms with Crippen molar-refractivity contribution in [2.45, 2.75) is 12.4 Å². The predicted molar refractivity (Wildman–Crippen MR) is 96.9 cm³/mol. The standard InChI is InChI=1S/C19H10ClF6N3O/c20-14-7-13(19(24,25)26)9-28-16(14)29-17(30)11-3-1-10(2-4-11)15-8-12(5-6-27-15)18(21,22)23/h1-9H,(H,28,29,30). The van der Waals surface area contributed by atoms with Crippen LogP contribution in [0.4, 0.5) is 32.2 Å². The molecular weight excluding hydrogens is 436 g/mol. The van der Waals surface area contributed by atoms with Gasteiger partial charge in [0.1, 0.15) is 0 Å². The fourth-order valence-electron chi connectivity index (χ4n) is 2.42. The number of amides is 1. The zero-order valence-corrected chi connectivity index (χ0v) is 15.4. The second-order valence-electron chi connectivity index (χ2n) is 6.01. The number of anilines is 1. The van der Waals surface area contributed by atoms with Gasteiger partial charge in [-0.15, -0.1) is 0 Å². The second kappa shape index (κ2) is 7.94. The molecule has 3 rings (SSSR count). The van der Waals surface area contributed by atoms with Gasteiger partial charge in [-0.05, 0) is 30.3 Å². The van der Waals surface area contributed by atoms with Gasteiger partial charge in [0.25, 0.3) is 5.91 Å². The fourth-order valence-corrected chi connectivity index (χ4v) is 2.64. The van der Waals surface area contributed by atoms with Crippen LogP contribution >= 0.6 is 11.6 Å². The maximum absolute atomic E-state index is 12.8. The van der Waals surface area contributed by atoms with Crippen LogP contribution in [0.3, 0.4) is 0 Å². The van der Waals surface area contributed by atoms with Crippen molar-refractivity contribution in [1.82, 2.24) is 9.97 Å². The van der Waals surface area contributed by atoms with Gasteiger partial charge in [0, 0.05) is 23.5 Å². The first-order valence-electron chi connectivity index (χ1n) is 8.13. The molecule has 0 unspecified atom stereocenters. The van der Waals surface area contributed by atoms with Crippen molar-refractivity contribution < 1.29 is 31.1 Å². The number of aromatic nitrogens is 2. The number of halogens is 7. The number of hydrogen-bond donors (Lipinski definition) is 1. The first-order chi connectivity index (χ1) is 13.9. The summed E-state index contributed by atoms with van der Waals surface area (Å²) in [5.41, 5.74) is -1.45. The first kappa shape index (κ1) is 21.6. The summed E-state index contributed by atoms with van der Waals surface area (Å²) in [7, 11) is 0. The molecule has 2 heterocycles. The van der Waals surface area contributed by atoms with Gasteiger partial charge in [0.15, 0.2) is 5.82 Å². The van der Waals surface area contributed by atoms with Crippen LogP contribution in [0, 0.1) is 0 Å². The minimum Gasteiger partial charge on any atom is -0.305 e. The Balaban J connectivity index is 1.78. The molecule has 0 radical (unpaired) electrons. The van der Waals surface area contributed by atoms with Crippen LogP contribution in [-0.4, -0.2) is 15.9 Å². The lowest BCUT2D eigenvalue weighted by molar-refractivity contribution is -0.138. The molecule has 2 aromatic heterocycles. The van der Waals surface area contributed by atoms with E-state index >= 15 is 0 Å². The van der Waals surface area contributed by atoms with E-state index < -0.39 is 34.4 Å². The Hall–Kier alpha value is -3.14. The molecule has 0 aliphatic heterocycles. The molecule has 4 nitrogen and oxygen atoms in total. The van der Waals surface area contributed by atoms with E-state index in [1.807, 2.05) is 0 Å². The molecule has 0 aliphatic rings. The monoisotopic (exact) mass is 445 g/mol. The molecule has 11 heteroatoms. The van der Waals surface area contributed by atoms with Gasteiger partial charge in [-0.25, -0.2) is 4.98 Å². The van der Waals surface area contributed by atoms with E-state index in [9.17, 15) is 31.1 Å². The number of alkyl halides is 6. The average molecular weight is 446 g/mol. The van der Waals surface area contributed by atoms with E-state index in [1.165, 1.54) is 24.3 Å². The van der Waals surface area contributed by atoms with Crippen LogP contribution in [-0.2, 0) is 12.4 Å². The molecule has 1 N–H and O–H groups in total. The van der Waals surface area contributed by atoms with Crippen molar-refractivity contribution in [3.05, 3.63) is 76.6 Å². The van der Waals surface area contributed by atoms with Gasteiger partial charge in [0.2, 0.25) is 0 Å². The lowest BCUT2D eigenvalue weighted by Gasteiger charge is -2.11. The van der Waals surface area contributed by atoms with Crippen LogP contribution in [0.15, 0.2) is 54.9 Å². The minimum atomic E-state index is -4.63. The Morgan fingerprint density at radius 3 is 2.07 bits per heavy atom. The number of nitrogens with one attached hydrogen (secondary N) is 1. The molecule has 1 aromatic carbocycles. The quantitative estimate of drug-likeness (QED) is 0.497. The summed E-state index contributed by atoms with van der Waals surface area (Å²) in [6.07, 6.45) is -7.60. The Labute approximate surface area is 170 Å². The summed E-state index contributed by atoms with van der Waals surface area (Å²) in [6, 6.07) is 7.77. The van der Waals surface area contributed by atoms with Gasteiger partial charge in [-0.2, -0.15) is 26.3 Å². The van der Waals surface area contributed by atoms with Crippen molar-refractivity contribution >= 4 is 23.3 Å². The highest BCUT2D eigenvalue weighted by atomic mass is 35.5. The van der Waals surface area contributed by atoms with E-state index in [0.717, 1.165) is 18.3 Å². The van der Waals surface area contributed by atoms with Gasteiger partial charge in [-0.1, -0.05) is 23.7 Å². The zero-order chi connectivity index (χ0) is 22.1. The third kappa shape index (κ3) is 4.88. The van der Waals surface area contributed by atoms with Crippen LogP contribution in [0.2, 0.25) is 5.02 Å². The summed E-state index contributed by atoms with van der Waals surface area (Å²) < 4.78 is 76.4. The van der Waals surface area contributed by atoms with Crippen molar-refractivity contribution in [2.75, 3.05) is 5.32 Å². The number of carbonyl (C=O) groups is 1. The molecule has 0 saturated carbocycles. The van der Waals surface area contributed by atoms with Gasteiger partial charge < -0.3 is 5.32 Å². The number of hydrogen-bond acceptors (Lipinski definition) is 3. The highest BCUT2D eigenvalue weighted by Crippen LogP contribution is 2.33. The summed E-state index contributed by atoms with van der Waals surface area (Å²) in [5.74, 6) is -0.981. The van der Waals surface area contributed by atoms with E-state index in [4.69, 9.17) is 11.6 Å². The van der Waals surface area contributed by atoms with E-state index in [-0.39, 0.29) is 17.1 Å². The Morgan fingerprint density at radius 1 is 0.867 bits per heavy atom. The first-order valence-corrected chi connectivity index (χ1v) is 8.51. The largest absolute Gasteiger partial charge is 0.417 e. The topological polar surface area (TPSA) is 54.9 Å². The van der Waals surface area contributed by atoms with E-state index in [1.54, 1.807) is 0 Å². The normalized spacial score (nSPS) is 12.0. The molecule has 3 aromatic rings.